The van der Waals surface area contributed by atoms with Gasteiger partial charge in [-0.15, -0.1) is 0 Å². The Morgan fingerprint density at radius 1 is 1.42 bits per heavy atom. The predicted molar refractivity (Wildman–Crippen MR) is 67.5 cm³/mol. The van der Waals surface area contributed by atoms with Gasteiger partial charge in [0.05, 0.1) is 17.2 Å². The van der Waals surface area contributed by atoms with Gasteiger partial charge in [0.25, 0.3) is 0 Å². The summed E-state index contributed by atoms with van der Waals surface area (Å²) in [5.41, 5.74) is -0.138. The van der Waals surface area contributed by atoms with Crippen LogP contribution in [0.1, 0.15) is 17.3 Å². The molecule has 1 amide bonds. The number of carboxylic acid groups (broad SMARTS) is 1. The minimum atomic E-state index is -1.20. The van der Waals surface area contributed by atoms with E-state index in [2.05, 4.69) is 10.6 Å². The standard InChI is InChI=1S/C13H15FN2O3/c1-7-5-15-6-9(7)12(17)16-11-3-2-8(13(18)19)4-10(11)14/h2-4,7,9,15H,5-6H2,1H3,(H,16,17)(H,18,19). The number of aromatic carboxylic acids is 1. The Balaban J connectivity index is 2.11. The van der Waals surface area contributed by atoms with Crippen LogP contribution in [0.15, 0.2) is 18.2 Å². The largest absolute Gasteiger partial charge is 0.478 e. The molecule has 102 valence electrons. The number of halogens is 1. The highest BCUT2D eigenvalue weighted by molar-refractivity contribution is 5.94. The summed E-state index contributed by atoms with van der Waals surface area (Å²) in [6, 6.07) is 3.43. The first kappa shape index (κ1) is 13.5. The Morgan fingerprint density at radius 2 is 2.16 bits per heavy atom. The number of carbonyl (C=O) groups excluding carboxylic acids is 1. The molecule has 0 spiro atoms. The van der Waals surface area contributed by atoms with Crippen molar-refractivity contribution in [1.82, 2.24) is 5.32 Å². The molecular formula is C13H15FN2O3. The second-order valence-electron chi connectivity index (χ2n) is 4.73. The van der Waals surface area contributed by atoms with Crippen molar-refractivity contribution in [3.63, 3.8) is 0 Å². The van der Waals surface area contributed by atoms with Gasteiger partial charge in [-0.25, -0.2) is 9.18 Å². The Bertz CT molecular complexity index is 519. The van der Waals surface area contributed by atoms with E-state index >= 15 is 0 Å². The molecule has 5 nitrogen and oxygen atoms in total. The van der Waals surface area contributed by atoms with Gasteiger partial charge in [-0.2, -0.15) is 0 Å². The summed E-state index contributed by atoms with van der Waals surface area (Å²) in [4.78, 5) is 22.6. The van der Waals surface area contributed by atoms with Crippen LogP contribution < -0.4 is 10.6 Å². The van der Waals surface area contributed by atoms with Gasteiger partial charge in [0.2, 0.25) is 5.91 Å². The van der Waals surface area contributed by atoms with Gasteiger partial charge in [0, 0.05) is 6.54 Å². The molecule has 0 radical (unpaired) electrons. The maximum atomic E-state index is 13.7. The van der Waals surface area contributed by atoms with E-state index in [0.29, 0.717) is 6.54 Å². The third-order valence-electron chi connectivity index (χ3n) is 3.33. The molecule has 1 aliphatic rings. The van der Waals surface area contributed by atoms with Crippen LogP contribution in [0.5, 0.6) is 0 Å². The molecule has 3 N–H and O–H groups in total. The third kappa shape index (κ3) is 2.90. The van der Waals surface area contributed by atoms with Crippen LogP contribution in [0.3, 0.4) is 0 Å². The number of carbonyl (C=O) groups is 2. The van der Waals surface area contributed by atoms with E-state index in [9.17, 15) is 14.0 Å². The first-order chi connectivity index (χ1) is 8.99. The Kier molecular flexibility index (Phi) is 3.80. The lowest BCUT2D eigenvalue weighted by molar-refractivity contribution is -0.120. The first-order valence-electron chi connectivity index (χ1n) is 6.03. The van der Waals surface area contributed by atoms with Crippen molar-refractivity contribution < 1.29 is 19.1 Å². The molecule has 0 aromatic heterocycles. The Hall–Kier alpha value is -1.95. The smallest absolute Gasteiger partial charge is 0.335 e. The van der Waals surface area contributed by atoms with E-state index in [-0.39, 0.29) is 29.0 Å². The molecule has 0 aliphatic carbocycles. The molecule has 1 fully saturated rings. The molecule has 2 unspecified atom stereocenters. The predicted octanol–water partition coefficient (Wildman–Crippen LogP) is 1.32. The zero-order valence-corrected chi connectivity index (χ0v) is 10.4. The fourth-order valence-corrected chi connectivity index (χ4v) is 2.14. The van der Waals surface area contributed by atoms with Crippen LogP contribution in [-0.4, -0.2) is 30.1 Å². The summed E-state index contributed by atoms with van der Waals surface area (Å²) in [5, 5.41) is 14.3. The molecule has 1 aromatic rings. The molecule has 6 heteroatoms. The van der Waals surface area contributed by atoms with E-state index < -0.39 is 11.8 Å². The number of hydrogen-bond donors (Lipinski definition) is 3. The molecule has 1 aromatic carbocycles. The van der Waals surface area contributed by atoms with Crippen LogP contribution >= 0.6 is 0 Å². The van der Waals surface area contributed by atoms with E-state index in [1.165, 1.54) is 12.1 Å². The Morgan fingerprint density at radius 3 is 2.68 bits per heavy atom. The highest BCUT2D eigenvalue weighted by Crippen LogP contribution is 2.21. The number of nitrogens with one attached hydrogen (secondary N) is 2. The zero-order chi connectivity index (χ0) is 14.0. The number of rotatable bonds is 3. The molecule has 0 bridgehead atoms. The van der Waals surface area contributed by atoms with Crippen LogP contribution in [0, 0.1) is 17.7 Å². The highest BCUT2D eigenvalue weighted by atomic mass is 19.1. The normalized spacial score (nSPS) is 22.2. The lowest BCUT2D eigenvalue weighted by atomic mass is 9.97. The van der Waals surface area contributed by atoms with Crippen LogP contribution in [0.25, 0.3) is 0 Å². The summed E-state index contributed by atoms with van der Waals surface area (Å²) in [5.74, 6) is -2.20. The van der Waals surface area contributed by atoms with Crippen LogP contribution in [0.4, 0.5) is 10.1 Å². The quantitative estimate of drug-likeness (QED) is 0.771. The number of benzene rings is 1. The van der Waals surface area contributed by atoms with Crippen molar-refractivity contribution in [3.05, 3.63) is 29.6 Å². The number of amides is 1. The summed E-state index contributed by atoms with van der Waals surface area (Å²) < 4.78 is 13.7. The Labute approximate surface area is 109 Å². The SMILES string of the molecule is CC1CNCC1C(=O)Nc1ccc(C(=O)O)cc1F. The van der Waals surface area contributed by atoms with E-state index in [0.717, 1.165) is 12.6 Å². The lowest BCUT2D eigenvalue weighted by Gasteiger charge is -2.14. The maximum Gasteiger partial charge on any atom is 0.335 e. The van der Waals surface area contributed by atoms with Crippen molar-refractivity contribution >= 4 is 17.6 Å². The molecule has 1 saturated heterocycles. The van der Waals surface area contributed by atoms with Gasteiger partial charge < -0.3 is 15.7 Å². The average molecular weight is 266 g/mol. The molecule has 0 saturated carbocycles. The number of anilines is 1. The first-order valence-corrected chi connectivity index (χ1v) is 6.03. The molecular weight excluding hydrogens is 251 g/mol. The molecule has 1 heterocycles. The van der Waals surface area contributed by atoms with Gasteiger partial charge in [-0.3, -0.25) is 4.79 Å². The second kappa shape index (κ2) is 5.36. The second-order valence-corrected chi connectivity index (χ2v) is 4.73. The monoisotopic (exact) mass is 266 g/mol. The summed E-state index contributed by atoms with van der Waals surface area (Å²) >= 11 is 0. The topological polar surface area (TPSA) is 78.4 Å². The fourth-order valence-electron chi connectivity index (χ4n) is 2.14. The third-order valence-corrected chi connectivity index (χ3v) is 3.33. The van der Waals surface area contributed by atoms with Gasteiger partial charge in [-0.05, 0) is 30.7 Å². The lowest BCUT2D eigenvalue weighted by Crippen LogP contribution is -2.28. The zero-order valence-electron chi connectivity index (χ0n) is 10.4. The number of hydrogen-bond acceptors (Lipinski definition) is 3. The van der Waals surface area contributed by atoms with E-state index in [4.69, 9.17) is 5.11 Å². The van der Waals surface area contributed by atoms with Gasteiger partial charge in [0.1, 0.15) is 5.82 Å². The molecule has 1 aliphatic heterocycles. The minimum Gasteiger partial charge on any atom is -0.478 e. The van der Waals surface area contributed by atoms with Crippen molar-refractivity contribution in [2.45, 2.75) is 6.92 Å². The van der Waals surface area contributed by atoms with Crippen molar-refractivity contribution in [1.29, 1.82) is 0 Å². The minimum absolute atomic E-state index is 0.00843. The summed E-state index contributed by atoms with van der Waals surface area (Å²) in [7, 11) is 0. The molecule has 2 rings (SSSR count). The maximum absolute atomic E-state index is 13.7. The fraction of sp³-hybridized carbons (Fsp3) is 0.385. The summed E-state index contributed by atoms with van der Waals surface area (Å²) in [6.07, 6.45) is 0. The van der Waals surface area contributed by atoms with Gasteiger partial charge in [0.15, 0.2) is 0 Å². The van der Waals surface area contributed by atoms with E-state index in [1.54, 1.807) is 0 Å². The molecule has 19 heavy (non-hydrogen) atoms. The number of carboxylic acids is 1. The average Bonchev–Trinajstić information content (AvgIpc) is 2.77. The van der Waals surface area contributed by atoms with Crippen LogP contribution in [0.2, 0.25) is 0 Å². The van der Waals surface area contributed by atoms with Gasteiger partial charge >= 0.3 is 5.97 Å². The van der Waals surface area contributed by atoms with E-state index in [1.807, 2.05) is 6.92 Å². The highest BCUT2D eigenvalue weighted by Gasteiger charge is 2.29. The van der Waals surface area contributed by atoms with Crippen molar-refractivity contribution in [3.8, 4) is 0 Å². The van der Waals surface area contributed by atoms with Gasteiger partial charge in [-0.1, -0.05) is 6.92 Å². The summed E-state index contributed by atoms with van der Waals surface area (Å²) in [6.45, 7) is 3.29. The van der Waals surface area contributed by atoms with Crippen molar-refractivity contribution in [2.75, 3.05) is 18.4 Å². The molecule has 2 atom stereocenters. The van der Waals surface area contributed by atoms with Crippen molar-refractivity contribution in [2.24, 2.45) is 11.8 Å². The van der Waals surface area contributed by atoms with Crippen LogP contribution in [-0.2, 0) is 4.79 Å².